The van der Waals surface area contributed by atoms with Crippen LogP contribution in [0, 0.1) is 6.92 Å². The van der Waals surface area contributed by atoms with E-state index in [9.17, 15) is 4.79 Å². The number of carbonyl (C=O) groups excluding carboxylic acids is 1. The average molecular weight is 195 g/mol. The van der Waals surface area contributed by atoms with Crippen LogP contribution >= 0.6 is 11.3 Å². The molecular formula is C10H13NOS. The summed E-state index contributed by atoms with van der Waals surface area (Å²) in [5, 5.41) is 0. The third-order valence-electron chi connectivity index (χ3n) is 2.66. The summed E-state index contributed by atoms with van der Waals surface area (Å²) in [6, 6.07) is 0. The minimum atomic E-state index is -0.267. The number of amides is 1. The van der Waals surface area contributed by atoms with Gasteiger partial charge in [-0.15, -0.1) is 11.3 Å². The summed E-state index contributed by atoms with van der Waals surface area (Å²) in [5.41, 5.74) is 7.82. The van der Waals surface area contributed by atoms with E-state index in [0.717, 1.165) is 23.3 Å². The number of primary amides is 1. The molecule has 1 aromatic heterocycles. The summed E-state index contributed by atoms with van der Waals surface area (Å²) < 4.78 is 0. The summed E-state index contributed by atoms with van der Waals surface area (Å²) in [6.45, 7) is 2.01. The Morgan fingerprint density at radius 2 is 2.08 bits per heavy atom. The highest BCUT2D eigenvalue weighted by atomic mass is 32.1. The van der Waals surface area contributed by atoms with Gasteiger partial charge in [-0.1, -0.05) is 0 Å². The Balaban J connectivity index is 2.50. The largest absolute Gasteiger partial charge is 0.365 e. The number of aryl methyl sites for hydroxylation is 1. The van der Waals surface area contributed by atoms with Gasteiger partial charge in [-0.25, -0.2) is 0 Å². The van der Waals surface area contributed by atoms with Crippen LogP contribution in [0.2, 0.25) is 0 Å². The molecule has 70 valence electrons. The fourth-order valence-corrected chi connectivity index (χ4v) is 3.21. The summed E-state index contributed by atoms with van der Waals surface area (Å²) in [7, 11) is 0. The van der Waals surface area contributed by atoms with Crippen molar-refractivity contribution in [2.24, 2.45) is 5.73 Å². The smallest absolute Gasteiger partial charge is 0.259 e. The Kier molecular flexibility index (Phi) is 2.12. The van der Waals surface area contributed by atoms with E-state index in [0.29, 0.717) is 0 Å². The molecule has 0 atom stereocenters. The Labute approximate surface area is 81.8 Å². The zero-order valence-corrected chi connectivity index (χ0v) is 8.54. The minimum absolute atomic E-state index is 0.267. The number of rotatable bonds is 1. The molecule has 0 fully saturated rings. The van der Waals surface area contributed by atoms with Gasteiger partial charge in [0.05, 0.1) is 4.88 Å². The predicted molar refractivity (Wildman–Crippen MR) is 54.2 cm³/mol. The van der Waals surface area contributed by atoms with Crippen molar-refractivity contribution in [1.82, 2.24) is 0 Å². The maximum absolute atomic E-state index is 11.1. The van der Waals surface area contributed by atoms with Gasteiger partial charge in [-0.2, -0.15) is 0 Å². The highest BCUT2D eigenvalue weighted by molar-refractivity contribution is 7.14. The molecule has 1 aliphatic rings. The highest BCUT2D eigenvalue weighted by Gasteiger charge is 2.19. The van der Waals surface area contributed by atoms with Gasteiger partial charge in [-0.05, 0) is 43.7 Å². The number of fused-ring (bicyclic) bond motifs is 1. The summed E-state index contributed by atoms with van der Waals surface area (Å²) in [5.74, 6) is -0.267. The van der Waals surface area contributed by atoms with Crippen LogP contribution in [0.4, 0.5) is 0 Å². The number of nitrogens with two attached hydrogens (primary N) is 1. The number of thiophene rings is 1. The molecule has 0 radical (unpaired) electrons. The van der Waals surface area contributed by atoms with Gasteiger partial charge >= 0.3 is 0 Å². The third kappa shape index (κ3) is 1.37. The number of carbonyl (C=O) groups is 1. The molecule has 2 rings (SSSR count). The summed E-state index contributed by atoms with van der Waals surface area (Å²) in [6.07, 6.45) is 4.77. The maximum Gasteiger partial charge on any atom is 0.259 e. The van der Waals surface area contributed by atoms with Gasteiger partial charge in [0.15, 0.2) is 0 Å². The van der Waals surface area contributed by atoms with Gasteiger partial charge < -0.3 is 5.73 Å². The molecule has 1 amide bonds. The van der Waals surface area contributed by atoms with Crippen LogP contribution < -0.4 is 5.73 Å². The highest BCUT2D eigenvalue weighted by Crippen LogP contribution is 2.33. The van der Waals surface area contributed by atoms with E-state index in [1.165, 1.54) is 23.3 Å². The van der Waals surface area contributed by atoms with Crippen LogP contribution in [0.5, 0.6) is 0 Å². The van der Waals surface area contributed by atoms with E-state index in [4.69, 9.17) is 5.73 Å². The molecular weight excluding hydrogens is 182 g/mol. The van der Waals surface area contributed by atoms with E-state index in [-0.39, 0.29) is 5.91 Å². The molecule has 13 heavy (non-hydrogen) atoms. The van der Waals surface area contributed by atoms with E-state index in [1.807, 2.05) is 6.92 Å². The normalized spacial score (nSPS) is 15.5. The molecule has 0 saturated heterocycles. The van der Waals surface area contributed by atoms with E-state index in [2.05, 4.69) is 0 Å². The predicted octanol–water partition coefficient (Wildman–Crippen LogP) is 2.03. The Hall–Kier alpha value is -0.830. The molecule has 1 heterocycles. The molecule has 0 spiro atoms. The molecule has 2 N–H and O–H groups in total. The Bertz CT molecular complexity index is 354. The lowest BCUT2D eigenvalue weighted by Gasteiger charge is -2.10. The molecule has 2 nitrogen and oxygen atoms in total. The van der Waals surface area contributed by atoms with E-state index >= 15 is 0 Å². The molecule has 0 unspecified atom stereocenters. The van der Waals surface area contributed by atoms with Crippen LogP contribution in [-0.2, 0) is 12.8 Å². The lowest BCUT2D eigenvalue weighted by atomic mass is 9.95. The Morgan fingerprint density at radius 1 is 1.38 bits per heavy atom. The van der Waals surface area contributed by atoms with Crippen LogP contribution in [0.3, 0.4) is 0 Å². The summed E-state index contributed by atoms with van der Waals surface area (Å²) in [4.78, 5) is 13.2. The first kappa shape index (κ1) is 8.75. The zero-order valence-electron chi connectivity index (χ0n) is 7.72. The van der Waals surface area contributed by atoms with Crippen molar-refractivity contribution in [2.75, 3.05) is 0 Å². The van der Waals surface area contributed by atoms with Crippen molar-refractivity contribution < 1.29 is 4.79 Å². The summed E-state index contributed by atoms with van der Waals surface area (Å²) >= 11 is 1.60. The third-order valence-corrected chi connectivity index (χ3v) is 4.07. The fraction of sp³-hybridized carbons (Fsp3) is 0.500. The topological polar surface area (TPSA) is 43.1 Å². The van der Waals surface area contributed by atoms with Crippen molar-refractivity contribution in [3.63, 3.8) is 0 Å². The van der Waals surface area contributed by atoms with Crippen LogP contribution in [-0.4, -0.2) is 5.91 Å². The SMILES string of the molecule is Cc1c(C(N)=O)sc2c1CCCC2. The van der Waals surface area contributed by atoms with Gasteiger partial charge in [0, 0.05) is 4.88 Å². The average Bonchev–Trinajstić information content (AvgIpc) is 2.45. The first-order valence-corrected chi connectivity index (χ1v) is 5.42. The van der Waals surface area contributed by atoms with Crippen molar-refractivity contribution in [1.29, 1.82) is 0 Å². The minimum Gasteiger partial charge on any atom is -0.365 e. The van der Waals surface area contributed by atoms with Crippen LogP contribution in [0.25, 0.3) is 0 Å². The number of hydrogen-bond donors (Lipinski definition) is 1. The van der Waals surface area contributed by atoms with Gasteiger partial charge in [-0.3, -0.25) is 4.79 Å². The monoisotopic (exact) mass is 195 g/mol. The van der Waals surface area contributed by atoms with E-state index < -0.39 is 0 Å². The van der Waals surface area contributed by atoms with Gasteiger partial charge in [0.25, 0.3) is 5.91 Å². The second-order valence-electron chi connectivity index (χ2n) is 3.53. The van der Waals surface area contributed by atoms with Gasteiger partial charge in [0.1, 0.15) is 0 Å². The van der Waals surface area contributed by atoms with Crippen LogP contribution in [0.15, 0.2) is 0 Å². The Morgan fingerprint density at radius 3 is 2.69 bits per heavy atom. The quantitative estimate of drug-likeness (QED) is 0.732. The van der Waals surface area contributed by atoms with Crippen molar-refractivity contribution in [3.05, 3.63) is 20.9 Å². The maximum atomic E-state index is 11.1. The fourth-order valence-electron chi connectivity index (χ4n) is 1.96. The second-order valence-corrected chi connectivity index (χ2v) is 4.63. The molecule has 0 bridgehead atoms. The standard InChI is InChI=1S/C10H13NOS/c1-6-7-4-2-3-5-8(7)13-9(6)10(11)12/h2-5H2,1H3,(H2,11,12). The lowest BCUT2D eigenvalue weighted by molar-refractivity contribution is 0.100. The first-order chi connectivity index (χ1) is 6.20. The second kappa shape index (κ2) is 3.14. The zero-order chi connectivity index (χ0) is 9.42. The first-order valence-electron chi connectivity index (χ1n) is 4.61. The lowest BCUT2D eigenvalue weighted by Crippen LogP contribution is -2.10. The molecule has 1 aliphatic carbocycles. The van der Waals surface area contributed by atoms with Crippen molar-refractivity contribution >= 4 is 17.2 Å². The van der Waals surface area contributed by atoms with Crippen molar-refractivity contribution in [2.45, 2.75) is 32.6 Å². The van der Waals surface area contributed by atoms with Gasteiger partial charge in [0.2, 0.25) is 0 Å². The number of hydrogen-bond acceptors (Lipinski definition) is 2. The molecule has 0 saturated carbocycles. The van der Waals surface area contributed by atoms with Crippen molar-refractivity contribution in [3.8, 4) is 0 Å². The van der Waals surface area contributed by atoms with E-state index in [1.54, 1.807) is 11.3 Å². The molecule has 1 aromatic rings. The molecule has 0 aliphatic heterocycles. The van der Waals surface area contributed by atoms with Crippen LogP contribution in [0.1, 0.15) is 38.5 Å². The molecule has 0 aromatic carbocycles. The molecule has 3 heteroatoms.